The van der Waals surface area contributed by atoms with Gasteiger partial charge in [0.25, 0.3) is 0 Å². The van der Waals surface area contributed by atoms with Crippen molar-refractivity contribution in [1.29, 1.82) is 0 Å². The Morgan fingerprint density at radius 3 is 2.44 bits per heavy atom. The summed E-state index contributed by atoms with van der Waals surface area (Å²) in [5, 5.41) is 48.9. The van der Waals surface area contributed by atoms with Gasteiger partial charge in [0.1, 0.15) is 22.8 Å². The molecule has 0 radical (unpaired) electrons. The summed E-state index contributed by atoms with van der Waals surface area (Å²) in [5.74, 6) is -3.18. The molecule has 0 amide bonds. The molecule has 48 heavy (non-hydrogen) atoms. The molecule has 6 rings (SSSR count). The molecule has 7 N–H and O–H groups in total. The van der Waals surface area contributed by atoms with E-state index in [2.05, 4.69) is 5.32 Å². The summed E-state index contributed by atoms with van der Waals surface area (Å²) in [5.41, 5.74) is 4.34. The number of carbonyl (C=O) groups excluding carboxylic acids is 3. The lowest BCUT2D eigenvalue weighted by Crippen LogP contribution is -2.54. The third-order valence-corrected chi connectivity index (χ3v) is 9.27. The van der Waals surface area contributed by atoms with Crippen molar-refractivity contribution < 1.29 is 49.0 Å². The van der Waals surface area contributed by atoms with Crippen molar-refractivity contribution in [3.63, 3.8) is 0 Å². The Hall–Kier alpha value is -4.04. The van der Waals surface area contributed by atoms with Gasteiger partial charge in [0, 0.05) is 54.2 Å². The fourth-order valence-electron chi connectivity index (χ4n) is 6.78. The number of ether oxygens (including phenoxy) is 3. The van der Waals surface area contributed by atoms with E-state index in [1.807, 2.05) is 18.2 Å². The molecule has 1 aliphatic heterocycles. The predicted molar refractivity (Wildman–Crippen MR) is 178 cm³/mol. The number of methoxy groups -OCH3 is 1. The third kappa shape index (κ3) is 6.15. The molecule has 1 fully saturated rings. The topological polar surface area (TPSA) is 198 Å². The lowest BCUT2D eigenvalue weighted by molar-refractivity contribution is -0.249. The maximum absolute atomic E-state index is 13.8. The fraction of sp³-hybridized carbons (Fsp3) is 0.400. The summed E-state index contributed by atoms with van der Waals surface area (Å²) in [6.07, 6.45) is -4.48. The number of aliphatic hydroxyl groups excluding tert-OH is 1. The smallest absolute Gasteiger partial charge is 0.202 e. The number of phenolic OH excluding ortho intramolecular Hbond substituents is 2. The number of hydrogen-bond acceptors (Lipinski definition) is 12. The maximum atomic E-state index is 13.8. The number of benzene rings is 3. The minimum absolute atomic E-state index is 0. The first-order chi connectivity index (χ1) is 21.8. The van der Waals surface area contributed by atoms with Crippen molar-refractivity contribution in [1.82, 2.24) is 5.32 Å². The maximum Gasteiger partial charge on any atom is 0.202 e. The Morgan fingerprint density at radius 1 is 1.08 bits per heavy atom. The van der Waals surface area contributed by atoms with Gasteiger partial charge in [0.05, 0.1) is 42.1 Å². The molecule has 12 nitrogen and oxygen atoms in total. The highest BCUT2D eigenvalue weighted by Crippen LogP contribution is 2.52. The van der Waals surface area contributed by atoms with Crippen LogP contribution in [0.2, 0.25) is 0 Å². The van der Waals surface area contributed by atoms with Crippen LogP contribution in [-0.2, 0) is 27.2 Å². The standard InChI is InChI=1S/C34H36N2O10.CH4.ClH/c1-15-29(38)21(36-14-17-6-4-7-18(35)10-17)11-24(45-15)46-23-13-34(43,16(2)37)12-20-26(23)33(42)28-27(31(20)40)30(39)19-8-5-9-22(44-3)25(19)32(28)41;;/h4-10,15,21,23-24,29,36,38,40,42-43H,11-14,35H2,1-3H3;1H4;1H/t15?,21?,23-,24?,29?,34-;;/m0../s1. The van der Waals surface area contributed by atoms with Crippen molar-refractivity contribution in [2.24, 2.45) is 0 Å². The second-order valence-corrected chi connectivity index (χ2v) is 12.2. The minimum atomic E-state index is -2.02. The van der Waals surface area contributed by atoms with Gasteiger partial charge in [-0.2, -0.15) is 0 Å². The van der Waals surface area contributed by atoms with Crippen LogP contribution in [0.3, 0.4) is 0 Å². The van der Waals surface area contributed by atoms with Crippen molar-refractivity contribution >= 4 is 35.4 Å². The number of halogens is 1. The third-order valence-electron chi connectivity index (χ3n) is 9.27. The molecule has 13 heteroatoms. The number of aliphatic hydroxyl groups is 2. The summed E-state index contributed by atoms with van der Waals surface area (Å²) in [7, 11) is 1.35. The number of anilines is 1. The van der Waals surface area contributed by atoms with Gasteiger partial charge >= 0.3 is 0 Å². The van der Waals surface area contributed by atoms with Gasteiger partial charge in [0.2, 0.25) is 5.78 Å². The largest absolute Gasteiger partial charge is 0.507 e. The van der Waals surface area contributed by atoms with Crippen LogP contribution in [-0.4, -0.2) is 75.0 Å². The van der Waals surface area contributed by atoms with Crippen LogP contribution < -0.4 is 15.8 Å². The molecular weight excluding hydrogens is 644 g/mol. The van der Waals surface area contributed by atoms with Gasteiger partial charge in [0.15, 0.2) is 17.9 Å². The SMILES string of the molecule is C.COc1cccc2c1C(=O)c1c(O)c3c(c(O)c1C2=O)C[C@@](O)(C(C)=O)C[C@@H]3OC1CC(NCc2cccc(N)c2)C(O)C(C)O1.Cl. The van der Waals surface area contributed by atoms with Crippen LogP contribution in [0.4, 0.5) is 5.69 Å². The van der Waals surface area contributed by atoms with Gasteiger partial charge in [-0.15, -0.1) is 12.4 Å². The van der Waals surface area contributed by atoms with Crippen LogP contribution in [0, 0.1) is 0 Å². The number of hydrogen-bond donors (Lipinski definition) is 6. The number of fused-ring (bicyclic) bond motifs is 3. The van der Waals surface area contributed by atoms with E-state index in [4.69, 9.17) is 19.9 Å². The number of Topliss-reactive ketones (excluding diaryl/α,β-unsaturated/α-hetero) is 1. The Balaban J connectivity index is 0.00000260. The average Bonchev–Trinajstić information content (AvgIpc) is 3.01. The van der Waals surface area contributed by atoms with Crippen LogP contribution in [0.5, 0.6) is 17.2 Å². The molecule has 4 unspecified atom stereocenters. The fourth-order valence-corrected chi connectivity index (χ4v) is 6.78. The molecule has 0 saturated carbocycles. The molecule has 6 atom stereocenters. The quantitative estimate of drug-likeness (QED) is 0.123. The average molecular weight is 685 g/mol. The van der Waals surface area contributed by atoms with E-state index in [9.17, 15) is 34.8 Å². The Kier molecular flexibility index (Phi) is 10.6. The van der Waals surface area contributed by atoms with Crippen LogP contribution in [0.15, 0.2) is 42.5 Å². The summed E-state index contributed by atoms with van der Waals surface area (Å²) in [6.45, 7) is 3.26. The number of phenols is 2. The molecule has 1 saturated heterocycles. The number of carbonyl (C=O) groups is 3. The van der Waals surface area contributed by atoms with Crippen LogP contribution in [0.1, 0.15) is 88.8 Å². The van der Waals surface area contributed by atoms with E-state index >= 15 is 0 Å². The molecular formula is C35H41ClN2O10. The number of nitrogen functional groups attached to an aromatic ring is 1. The molecule has 2 aliphatic carbocycles. The summed E-state index contributed by atoms with van der Waals surface area (Å²) in [6, 6.07) is 11.3. The monoisotopic (exact) mass is 684 g/mol. The van der Waals surface area contributed by atoms with E-state index in [1.165, 1.54) is 32.2 Å². The van der Waals surface area contributed by atoms with Gasteiger partial charge in [-0.25, -0.2) is 0 Å². The van der Waals surface area contributed by atoms with Crippen LogP contribution in [0.25, 0.3) is 0 Å². The normalized spacial score (nSPS) is 25.9. The number of ketones is 3. The van der Waals surface area contributed by atoms with E-state index in [0.717, 1.165) is 5.56 Å². The number of aromatic hydroxyl groups is 2. The zero-order valence-electron chi connectivity index (χ0n) is 26.0. The van der Waals surface area contributed by atoms with E-state index < -0.39 is 82.6 Å². The van der Waals surface area contributed by atoms with E-state index in [0.29, 0.717) is 12.2 Å². The first-order valence-electron chi connectivity index (χ1n) is 15.0. The zero-order chi connectivity index (χ0) is 33.1. The van der Waals surface area contributed by atoms with Crippen molar-refractivity contribution in [3.05, 3.63) is 81.4 Å². The number of nitrogens with two attached hydrogens (primary N) is 1. The molecule has 3 aromatic rings. The molecule has 0 bridgehead atoms. The highest BCUT2D eigenvalue weighted by molar-refractivity contribution is 6.31. The van der Waals surface area contributed by atoms with Crippen molar-refractivity contribution in [2.45, 2.75) is 83.3 Å². The number of nitrogens with one attached hydrogen (secondary N) is 1. The van der Waals surface area contributed by atoms with Gasteiger partial charge in [-0.1, -0.05) is 31.7 Å². The Morgan fingerprint density at radius 2 is 1.77 bits per heavy atom. The van der Waals surface area contributed by atoms with Crippen LogP contribution >= 0.6 is 12.4 Å². The van der Waals surface area contributed by atoms with Gasteiger partial charge < -0.3 is 45.7 Å². The molecule has 258 valence electrons. The molecule has 0 spiro atoms. The predicted octanol–water partition coefficient (Wildman–Crippen LogP) is 3.50. The van der Waals surface area contributed by atoms with Crippen molar-refractivity contribution in [2.75, 3.05) is 12.8 Å². The van der Waals surface area contributed by atoms with E-state index in [1.54, 1.807) is 13.0 Å². The highest BCUT2D eigenvalue weighted by atomic mass is 35.5. The lowest BCUT2D eigenvalue weighted by atomic mass is 9.72. The first kappa shape index (κ1) is 36.8. The molecule has 1 heterocycles. The summed E-state index contributed by atoms with van der Waals surface area (Å²) in [4.78, 5) is 40.2. The summed E-state index contributed by atoms with van der Waals surface area (Å²) >= 11 is 0. The number of rotatable bonds is 7. The Bertz CT molecular complexity index is 1760. The Labute approximate surface area is 284 Å². The highest BCUT2D eigenvalue weighted by Gasteiger charge is 2.49. The first-order valence-corrected chi connectivity index (χ1v) is 15.0. The molecule has 3 aliphatic rings. The second kappa shape index (κ2) is 13.8. The minimum Gasteiger partial charge on any atom is -0.507 e. The van der Waals surface area contributed by atoms with E-state index in [-0.39, 0.29) is 60.7 Å². The zero-order valence-corrected chi connectivity index (χ0v) is 26.8. The summed E-state index contributed by atoms with van der Waals surface area (Å²) < 4.78 is 17.6. The lowest BCUT2D eigenvalue weighted by Gasteiger charge is -2.43. The second-order valence-electron chi connectivity index (χ2n) is 12.2. The molecule has 3 aromatic carbocycles. The van der Waals surface area contributed by atoms with Crippen molar-refractivity contribution in [3.8, 4) is 17.2 Å². The van der Waals surface area contributed by atoms with Gasteiger partial charge in [-0.3, -0.25) is 14.4 Å². The van der Waals surface area contributed by atoms with Gasteiger partial charge in [-0.05, 0) is 37.6 Å². The molecule has 0 aromatic heterocycles.